The lowest BCUT2D eigenvalue weighted by molar-refractivity contribution is 0.551. The third-order valence-electron chi connectivity index (χ3n) is 2.34. The maximum atomic E-state index is 11.4. The second kappa shape index (κ2) is 3.29. The molecule has 2 aromatic rings. The van der Waals surface area contributed by atoms with E-state index in [1.165, 1.54) is 0 Å². The van der Waals surface area contributed by atoms with E-state index in [0.717, 1.165) is 16.5 Å². The van der Waals surface area contributed by atoms with Crippen LogP contribution in [0.4, 0.5) is 0 Å². The number of fused-ring (bicyclic) bond motifs is 1. The van der Waals surface area contributed by atoms with Gasteiger partial charge in [0.25, 0.3) is 0 Å². The number of hydrogen-bond donors (Lipinski definition) is 0. The predicted octanol–water partition coefficient (Wildman–Crippen LogP) is 2.66. The number of benzene rings is 1. The molecule has 0 radical (unpaired) electrons. The van der Waals surface area contributed by atoms with Crippen molar-refractivity contribution in [2.45, 2.75) is 20.3 Å². The topological polar surface area (TPSA) is 30.2 Å². The highest BCUT2D eigenvalue weighted by Gasteiger charge is 2.02. The first-order valence-electron chi connectivity index (χ1n) is 4.74. The average Bonchev–Trinajstić information content (AvgIpc) is 2.16. The molecule has 0 aliphatic rings. The normalized spacial score (nSPS) is 10.7. The van der Waals surface area contributed by atoms with E-state index in [1.54, 1.807) is 0 Å². The van der Waals surface area contributed by atoms with Crippen molar-refractivity contribution in [3.63, 3.8) is 0 Å². The maximum Gasteiger partial charge on any atom is 0.339 e. The lowest BCUT2D eigenvalue weighted by atomic mass is 10.1. The molecule has 1 aromatic heterocycles. The monoisotopic (exact) mass is 188 g/mol. The van der Waals surface area contributed by atoms with Gasteiger partial charge in [0.1, 0.15) is 5.58 Å². The summed E-state index contributed by atoms with van der Waals surface area (Å²) in [5.74, 6) is 0. The molecule has 2 nitrogen and oxygen atoms in total. The fourth-order valence-corrected chi connectivity index (χ4v) is 1.51. The van der Waals surface area contributed by atoms with Gasteiger partial charge in [0.05, 0.1) is 0 Å². The molecule has 0 aliphatic heterocycles. The van der Waals surface area contributed by atoms with Crippen LogP contribution in [0.25, 0.3) is 11.0 Å². The molecular formula is C12H12O2. The Balaban J connectivity index is 2.79. The maximum absolute atomic E-state index is 11.4. The molecule has 0 bridgehead atoms. The molecule has 0 spiro atoms. The third-order valence-corrected chi connectivity index (χ3v) is 2.34. The Morgan fingerprint density at radius 2 is 2.07 bits per heavy atom. The van der Waals surface area contributed by atoms with Crippen LogP contribution in [0.1, 0.15) is 18.1 Å². The molecule has 0 aliphatic carbocycles. The summed E-state index contributed by atoms with van der Waals surface area (Å²) in [4.78, 5) is 11.4. The fourth-order valence-electron chi connectivity index (χ4n) is 1.51. The molecule has 2 heteroatoms. The Kier molecular flexibility index (Phi) is 2.12. The molecule has 2 rings (SSSR count). The number of aryl methyl sites for hydroxylation is 2. The van der Waals surface area contributed by atoms with Gasteiger partial charge in [-0.1, -0.05) is 19.1 Å². The molecule has 0 unspecified atom stereocenters. The molecule has 14 heavy (non-hydrogen) atoms. The van der Waals surface area contributed by atoms with Gasteiger partial charge in [0.15, 0.2) is 0 Å². The van der Waals surface area contributed by atoms with E-state index in [4.69, 9.17) is 4.42 Å². The van der Waals surface area contributed by atoms with Crippen molar-refractivity contribution in [1.29, 1.82) is 0 Å². The van der Waals surface area contributed by atoms with Crippen molar-refractivity contribution >= 4 is 11.0 Å². The fraction of sp³-hybridized carbons (Fsp3) is 0.250. The second-order valence-corrected chi connectivity index (χ2v) is 3.45. The molecule has 1 aromatic carbocycles. The van der Waals surface area contributed by atoms with Gasteiger partial charge < -0.3 is 4.42 Å². The molecule has 0 amide bonds. The molecular weight excluding hydrogens is 176 g/mol. The van der Waals surface area contributed by atoms with E-state index >= 15 is 0 Å². The van der Waals surface area contributed by atoms with E-state index < -0.39 is 0 Å². The second-order valence-electron chi connectivity index (χ2n) is 3.45. The lowest BCUT2D eigenvalue weighted by Gasteiger charge is -2.00. The van der Waals surface area contributed by atoms with Gasteiger partial charge in [-0.2, -0.15) is 0 Å². The van der Waals surface area contributed by atoms with Gasteiger partial charge in [-0.05, 0) is 31.0 Å². The first-order chi connectivity index (χ1) is 6.70. The number of hydrogen-bond acceptors (Lipinski definition) is 2. The summed E-state index contributed by atoms with van der Waals surface area (Å²) < 4.78 is 5.21. The van der Waals surface area contributed by atoms with Crippen molar-refractivity contribution in [3.05, 3.63) is 45.8 Å². The van der Waals surface area contributed by atoms with Crippen molar-refractivity contribution in [2.75, 3.05) is 0 Å². The zero-order valence-corrected chi connectivity index (χ0v) is 8.33. The van der Waals surface area contributed by atoms with Crippen LogP contribution in [0, 0.1) is 6.92 Å². The van der Waals surface area contributed by atoms with Crippen LogP contribution in [0.2, 0.25) is 0 Å². The average molecular weight is 188 g/mol. The van der Waals surface area contributed by atoms with Crippen molar-refractivity contribution in [1.82, 2.24) is 0 Å². The highest BCUT2D eigenvalue weighted by atomic mass is 16.4. The molecule has 0 N–H and O–H groups in total. The van der Waals surface area contributed by atoms with Crippen LogP contribution in [0.15, 0.2) is 33.5 Å². The zero-order chi connectivity index (χ0) is 10.1. The summed E-state index contributed by atoms with van der Waals surface area (Å²) in [6, 6.07) is 7.78. The van der Waals surface area contributed by atoms with Crippen LogP contribution in [0.3, 0.4) is 0 Å². The molecule has 0 atom stereocenters. The predicted molar refractivity (Wildman–Crippen MR) is 56.6 cm³/mol. The van der Waals surface area contributed by atoms with Gasteiger partial charge in [0.2, 0.25) is 0 Å². The molecule has 0 fully saturated rings. The van der Waals surface area contributed by atoms with Crippen molar-refractivity contribution in [3.8, 4) is 0 Å². The first-order valence-corrected chi connectivity index (χ1v) is 4.74. The van der Waals surface area contributed by atoms with Gasteiger partial charge in [-0.25, -0.2) is 4.79 Å². The quantitative estimate of drug-likeness (QED) is 0.644. The summed E-state index contributed by atoms with van der Waals surface area (Å²) >= 11 is 0. The summed E-state index contributed by atoms with van der Waals surface area (Å²) in [6.45, 7) is 3.93. The van der Waals surface area contributed by atoms with Crippen LogP contribution in [-0.4, -0.2) is 0 Å². The van der Waals surface area contributed by atoms with Gasteiger partial charge in [-0.15, -0.1) is 0 Å². The van der Waals surface area contributed by atoms with Crippen LogP contribution in [-0.2, 0) is 6.42 Å². The highest BCUT2D eigenvalue weighted by molar-refractivity contribution is 5.77. The van der Waals surface area contributed by atoms with Crippen LogP contribution in [0.5, 0.6) is 0 Å². The van der Waals surface area contributed by atoms with Crippen LogP contribution < -0.4 is 5.63 Å². The Morgan fingerprint density at radius 3 is 2.79 bits per heavy atom. The molecule has 0 saturated carbocycles. The van der Waals surface area contributed by atoms with Gasteiger partial charge in [-0.3, -0.25) is 0 Å². The summed E-state index contributed by atoms with van der Waals surface area (Å²) in [5, 5.41) is 0.993. The first kappa shape index (κ1) is 9.00. The van der Waals surface area contributed by atoms with E-state index in [-0.39, 0.29) is 5.63 Å². The smallest absolute Gasteiger partial charge is 0.339 e. The summed E-state index contributed by atoms with van der Waals surface area (Å²) in [6.07, 6.45) is 0.714. The standard InChI is InChI=1S/C12H12O2/c1-3-9-7-10-5-4-8(2)6-11(10)14-12(9)13/h4-7H,3H2,1-2H3. The zero-order valence-electron chi connectivity index (χ0n) is 8.33. The Bertz CT molecular complexity index is 523. The Morgan fingerprint density at radius 1 is 1.29 bits per heavy atom. The lowest BCUT2D eigenvalue weighted by Crippen LogP contribution is -2.05. The van der Waals surface area contributed by atoms with E-state index in [1.807, 2.05) is 38.1 Å². The SMILES string of the molecule is CCc1cc2ccc(C)cc2oc1=O. The summed E-state index contributed by atoms with van der Waals surface area (Å²) in [5.41, 5.74) is 2.30. The van der Waals surface area contributed by atoms with Crippen molar-refractivity contribution in [2.24, 2.45) is 0 Å². The minimum atomic E-state index is -0.217. The minimum Gasteiger partial charge on any atom is -0.423 e. The van der Waals surface area contributed by atoms with Gasteiger partial charge >= 0.3 is 5.63 Å². The molecule has 1 heterocycles. The van der Waals surface area contributed by atoms with Crippen LogP contribution >= 0.6 is 0 Å². The highest BCUT2D eigenvalue weighted by Crippen LogP contribution is 2.15. The molecule has 72 valence electrons. The third kappa shape index (κ3) is 1.43. The Labute approximate surface area is 82.2 Å². The van der Waals surface area contributed by atoms with E-state index in [2.05, 4.69) is 0 Å². The number of rotatable bonds is 1. The molecule has 0 saturated heterocycles. The summed E-state index contributed by atoms with van der Waals surface area (Å²) in [7, 11) is 0. The Hall–Kier alpha value is -1.57. The van der Waals surface area contributed by atoms with E-state index in [9.17, 15) is 4.79 Å². The largest absolute Gasteiger partial charge is 0.423 e. The van der Waals surface area contributed by atoms with E-state index in [0.29, 0.717) is 12.0 Å². The minimum absolute atomic E-state index is 0.217. The van der Waals surface area contributed by atoms with Gasteiger partial charge in [0, 0.05) is 10.9 Å². The van der Waals surface area contributed by atoms with Crippen molar-refractivity contribution < 1.29 is 4.42 Å².